The third-order valence-corrected chi connectivity index (χ3v) is 3.18. The highest BCUT2D eigenvalue weighted by atomic mass is 14.9. The van der Waals surface area contributed by atoms with Crippen LogP contribution < -0.4 is 5.32 Å². The van der Waals surface area contributed by atoms with Gasteiger partial charge in [-0.1, -0.05) is 6.42 Å². The van der Waals surface area contributed by atoms with Crippen LogP contribution in [0, 0.1) is 13.8 Å². The van der Waals surface area contributed by atoms with Gasteiger partial charge < -0.3 is 5.32 Å². The van der Waals surface area contributed by atoms with Gasteiger partial charge in [-0.05, 0) is 52.1 Å². The minimum absolute atomic E-state index is 0.698. The third kappa shape index (κ3) is 3.27. The molecule has 1 N–H and O–H groups in total. The van der Waals surface area contributed by atoms with Gasteiger partial charge in [0.1, 0.15) is 5.82 Å². The van der Waals surface area contributed by atoms with Crippen LogP contribution in [0.15, 0.2) is 6.07 Å². The van der Waals surface area contributed by atoms with Gasteiger partial charge in [0, 0.05) is 17.4 Å². The summed E-state index contributed by atoms with van der Waals surface area (Å²) in [5.41, 5.74) is 2.27. The van der Waals surface area contributed by atoms with Crippen LogP contribution >= 0.6 is 0 Å². The normalized spacial score (nSPS) is 21.0. The van der Waals surface area contributed by atoms with E-state index in [0.717, 1.165) is 17.9 Å². The highest BCUT2D eigenvalue weighted by Gasteiger charge is 2.12. The molecule has 1 unspecified atom stereocenters. The van der Waals surface area contributed by atoms with E-state index in [9.17, 15) is 0 Å². The lowest BCUT2D eigenvalue weighted by atomic mass is 9.99. The van der Waals surface area contributed by atoms with Crippen molar-refractivity contribution in [3.05, 3.63) is 23.3 Å². The Kier molecular flexibility index (Phi) is 3.88. The summed E-state index contributed by atoms with van der Waals surface area (Å²) in [4.78, 5) is 8.78. The van der Waals surface area contributed by atoms with Crippen LogP contribution in [-0.2, 0) is 6.42 Å². The zero-order valence-electron chi connectivity index (χ0n) is 10.3. The standard InChI is InChI=1S/C13H21N3/c1-10-9-13(16-11(2)15-10)7-6-12-5-3-4-8-14-12/h9,12,14H,3-8H2,1-2H3. The largest absolute Gasteiger partial charge is 0.314 e. The molecule has 0 spiro atoms. The lowest BCUT2D eigenvalue weighted by molar-refractivity contribution is 0.381. The minimum atomic E-state index is 0.698. The van der Waals surface area contributed by atoms with Crippen molar-refractivity contribution in [3.8, 4) is 0 Å². The number of aryl methyl sites for hydroxylation is 3. The van der Waals surface area contributed by atoms with Crippen LogP contribution in [0.5, 0.6) is 0 Å². The van der Waals surface area contributed by atoms with Gasteiger partial charge in [-0.3, -0.25) is 0 Å². The van der Waals surface area contributed by atoms with E-state index < -0.39 is 0 Å². The molecule has 0 bridgehead atoms. The molecule has 0 radical (unpaired) electrons. The summed E-state index contributed by atoms with van der Waals surface area (Å²) >= 11 is 0. The first-order chi connectivity index (χ1) is 7.74. The topological polar surface area (TPSA) is 37.8 Å². The van der Waals surface area contributed by atoms with Crippen LogP contribution in [0.1, 0.15) is 42.9 Å². The molecule has 1 atom stereocenters. The van der Waals surface area contributed by atoms with Crippen molar-refractivity contribution in [2.45, 2.75) is 52.0 Å². The van der Waals surface area contributed by atoms with E-state index in [2.05, 4.69) is 21.4 Å². The molecule has 0 amide bonds. The predicted molar refractivity (Wildman–Crippen MR) is 65.5 cm³/mol. The molecule has 3 nitrogen and oxygen atoms in total. The van der Waals surface area contributed by atoms with Gasteiger partial charge in [0.05, 0.1) is 0 Å². The molecule has 1 aliphatic rings. The molecule has 0 aromatic carbocycles. The van der Waals surface area contributed by atoms with E-state index in [1.165, 1.54) is 37.9 Å². The average molecular weight is 219 g/mol. The first-order valence-corrected chi connectivity index (χ1v) is 6.28. The Morgan fingerprint density at radius 3 is 2.88 bits per heavy atom. The van der Waals surface area contributed by atoms with Gasteiger partial charge in [-0.25, -0.2) is 9.97 Å². The first-order valence-electron chi connectivity index (χ1n) is 6.28. The summed E-state index contributed by atoms with van der Waals surface area (Å²) in [7, 11) is 0. The summed E-state index contributed by atoms with van der Waals surface area (Å²) in [5.74, 6) is 0.895. The fraction of sp³-hybridized carbons (Fsp3) is 0.692. The molecular weight excluding hydrogens is 198 g/mol. The van der Waals surface area contributed by atoms with E-state index >= 15 is 0 Å². The summed E-state index contributed by atoms with van der Waals surface area (Å²) in [6, 6.07) is 2.81. The fourth-order valence-corrected chi connectivity index (χ4v) is 2.41. The van der Waals surface area contributed by atoms with Crippen molar-refractivity contribution in [1.82, 2.24) is 15.3 Å². The molecule has 0 saturated carbocycles. The van der Waals surface area contributed by atoms with E-state index in [-0.39, 0.29) is 0 Å². The van der Waals surface area contributed by atoms with Crippen molar-refractivity contribution in [2.75, 3.05) is 6.54 Å². The number of aromatic nitrogens is 2. The van der Waals surface area contributed by atoms with Gasteiger partial charge in [0.2, 0.25) is 0 Å². The van der Waals surface area contributed by atoms with Crippen molar-refractivity contribution in [2.24, 2.45) is 0 Å². The molecule has 1 aromatic rings. The molecule has 1 saturated heterocycles. The fourth-order valence-electron chi connectivity index (χ4n) is 2.41. The van der Waals surface area contributed by atoms with Crippen molar-refractivity contribution in [3.63, 3.8) is 0 Å². The highest BCUT2D eigenvalue weighted by Crippen LogP contribution is 2.13. The van der Waals surface area contributed by atoms with Crippen LogP contribution in [0.4, 0.5) is 0 Å². The maximum absolute atomic E-state index is 4.48. The Bertz CT molecular complexity index is 323. The third-order valence-electron chi connectivity index (χ3n) is 3.18. The molecule has 1 aliphatic heterocycles. The van der Waals surface area contributed by atoms with Gasteiger partial charge in [-0.15, -0.1) is 0 Å². The Morgan fingerprint density at radius 1 is 1.31 bits per heavy atom. The molecule has 88 valence electrons. The lowest BCUT2D eigenvalue weighted by Gasteiger charge is -2.23. The van der Waals surface area contributed by atoms with Crippen molar-refractivity contribution >= 4 is 0 Å². The second kappa shape index (κ2) is 5.39. The first kappa shape index (κ1) is 11.5. The molecule has 3 heteroatoms. The monoisotopic (exact) mass is 219 g/mol. The number of piperidine rings is 1. The van der Waals surface area contributed by atoms with Crippen molar-refractivity contribution < 1.29 is 0 Å². The van der Waals surface area contributed by atoms with Gasteiger partial charge in [0.15, 0.2) is 0 Å². The quantitative estimate of drug-likeness (QED) is 0.846. The smallest absolute Gasteiger partial charge is 0.125 e. The average Bonchev–Trinajstić information content (AvgIpc) is 2.27. The second-order valence-electron chi connectivity index (χ2n) is 4.73. The number of hydrogen-bond acceptors (Lipinski definition) is 3. The Morgan fingerprint density at radius 2 is 2.19 bits per heavy atom. The molecule has 1 fully saturated rings. The zero-order chi connectivity index (χ0) is 11.4. The van der Waals surface area contributed by atoms with Gasteiger partial charge >= 0.3 is 0 Å². The van der Waals surface area contributed by atoms with Crippen LogP contribution in [0.25, 0.3) is 0 Å². The van der Waals surface area contributed by atoms with E-state index in [1.54, 1.807) is 0 Å². The summed E-state index contributed by atoms with van der Waals surface area (Å²) < 4.78 is 0. The van der Waals surface area contributed by atoms with E-state index in [4.69, 9.17) is 0 Å². The Hall–Kier alpha value is -0.960. The Labute approximate surface area is 97.7 Å². The molecular formula is C13H21N3. The maximum atomic E-state index is 4.48. The highest BCUT2D eigenvalue weighted by molar-refractivity contribution is 5.09. The molecule has 16 heavy (non-hydrogen) atoms. The van der Waals surface area contributed by atoms with Gasteiger partial charge in [0.25, 0.3) is 0 Å². The minimum Gasteiger partial charge on any atom is -0.314 e. The van der Waals surface area contributed by atoms with Crippen LogP contribution in [0.3, 0.4) is 0 Å². The number of hydrogen-bond donors (Lipinski definition) is 1. The molecule has 1 aromatic heterocycles. The summed E-state index contributed by atoms with van der Waals surface area (Å²) in [5, 5.41) is 3.58. The van der Waals surface area contributed by atoms with Gasteiger partial charge in [-0.2, -0.15) is 0 Å². The number of nitrogens with one attached hydrogen (secondary N) is 1. The predicted octanol–water partition coefficient (Wildman–Crippen LogP) is 2.17. The number of rotatable bonds is 3. The van der Waals surface area contributed by atoms with Crippen LogP contribution in [-0.4, -0.2) is 22.6 Å². The molecule has 0 aliphatic carbocycles. The van der Waals surface area contributed by atoms with Crippen LogP contribution in [0.2, 0.25) is 0 Å². The SMILES string of the molecule is Cc1cc(CCC2CCCCN2)nc(C)n1. The van der Waals surface area contributed by atoms with Crippen molar-refractivity contribution in [1.29, 1.82) is 0 Å². The lowest BCUT2D eigenvalue weighted by Crippen LogP contribution is -2.34. The molecule has 2 heterocycles. The summed E-state index contributed by atoms with van der Waals surface area (Å²) in [6.45, 7) is 5.19. The Balaban J connectivity index is 1.88. The second-order valence-corrected chi connectivity index (χ2v) is 4.73. The molecule has 2 rings (SSSR count). The number of nitrogens with zero attached hydrogens (tertiary/aromatic N) is 2. The zero-order valence-corrected chi connectivity index (χ0v) is 10.3. The summed E-state index contributed by atoms with van der Waals surface area (Å²) in [6.07, 6.45) is 6.31. The van der Waals surface area contributed by atoms with E-state index in [0.29, 0.717) is 6.04 Å². The maximum Gasteiger partial charge on any atom is 0.125 e. The van der Waals surface area contributed by atoms with E-state index in [1.807, 2.05) is 13.8 Å².